The molecule has 1 aromatic carbocycles. The smallest absolute Gasteiger partial charge is 0.137 e. The van der Waals surface area contributed by atoms with Crippen LogP contribution in [0.5, 0.6) is 5.75 Å². The summed E-state index contributed by atoms with van der Waals surface area (Å²) < 4.78 is 10.8. The molecule has 4 heteroatoms. The Hall–Kier alpha value is -0.770. The topological polar surface area (TPSA) is 44.5 Å². The van der Waals surface area contributed by atoms with Gasteiger partial charge in [-0.2, -0.15) is 0 Å². The van der Waals surface area contributed by atoms with Crippen molar-refractivity contribution in [2.75, 3.05) is 19.8 Å². The van der Waals surface area contributed by atoms with E-state index in [2.05, 4.69) is 0 Å². The Labute approximate surface area is 113 Å². The molecule has 100 valence electrons. The van der Waals surface area contributed by atoms with Crippen LogP contribution in [0.4, 0.5) is 0 Å². The summed E-state index contributed by atoms with van der Waals surface area (Å²) in [6, 6.07) is 5.89. The first kappa shape index (κ1) is 13.7. The fourth-order valence-electron chi connectivity index (χ4n) is 2.29. The second kappa shape index (κ2) is 4.72. The molecule has 0 aromatic heterocycles. The van der Waals surface area contributed by atoms with Crippen LogP contribution in [0.3, 0.4) is 0 Å². The van der Waals surface area contributed by atoms with Gasteiger partial charge in [0.25, 0.3) is 0 Å². The van der Waals surface area contributed by atoms with E-state index in [1.165, 1.54) is 0 Å². The van der Waals surface area contributed by atoms with Crippen molar-refractivity contribution in [1.29, 1.82) is 0 Å². The molecule has 1 aromatic rings. The largest absolute Gasteiger partial charge is 0.492 e. The number of hydrogen-bond acceptors (Lipinski definition) is 3. The van der Waals surface area contributed by atoms with Gasteiger partial charge in [0, 0.05) is 5.54 Å². The van der Waals surface area contributed by atoms with Crippen molar-refractivity contribution >= 4 is 11.6 Å². The lowest BCUT2D eigenvalue weighted by Crippen LogP contribution is -2.64. The third kappa shape index (κ3) is 2.11. The predicted molar refractivity (Wildman–Crippen MR) is 73.4 cm³/mol. The van der Waals surface area contributed by atoms with Gasteiger partial charge in [-0.15, -0.1) is 0 Å². The van der Waals surface area contributed by atoms with Gasteiger partial charge in [-0.05, 0) is 38.5 Å². The van der Waals surface area contributed by atoms with Crippen molar-refractivity contribution in [3.05, 3.63) is 28.8 Å². The molecule has 0 aliphatic carbocycles. The van der Waals surface area contributed by atoms with Crippen LogP contribution in [0.2, 0.25) is 5.02 Å². The number of halogens is 1. The zero-order valence-electron chi connectivity index (χ0n) is 11.1. The van der Waals surface area contributed by atoms with Gasteiger partial charge in [0.15, 0.2) is 0 Å². The quantitative estimate of drug-likeness (QED) is 0.914. The molecule has 0 radical (unpaired) electrons. The van der Waals surface area contributed by atoms with E-state index < -0.39 is 0 Å². The Morgan fingerprint density at radius 3 is 2.50 bits per heavy atom. The van der Waals surface area contributed by atoms with Gasteiger partial charge in [-0.1, -0.05) is 17.7 Å². The third-order valence-corrected chi connectivity index (χ3v) is 4.01. The average molecular weight is 270 g/mol. The lowest BCUT2D eigenvalue weighted by Gasteiger charge is -2.51. The third-order valence-electron chi connectivity index (χ3n) is 3.71. The summed E-state index contributed by atoms with van der Waals surface area (Å²) in [6.07, 6.45) is 0. The maximum absolute atomic E-state index is 6.30. The van der Waals surface area contributed by atoms with Gasteiger partial charge in [0.05, 0.1) is 30.3 Å². The van der Waals surface area contributed by atoms with Crippen LogP contribution < -0.4 is 10.5 Å². The first-order chi connectivity index (χ1) is 8.40. The van der Waals surface area contributed by atoms with Gasteiger partial charge in [0.1, 0.15) is 5.75 Å². The molecule has 1 saturated heterocycles. The number of rotatable bonds is 4. The molecule has 1 fully saturated rings. The molecule has 0 saturated carbocycles. The van der Waals surface area contributed by atoms with Crippen LogP contribution in [-0.4, -0.2) is 25.4 Å². The van der Waals surface area contributed by atoms with Crippen molar-refractivity contribution in [1.82, 2.24) is 0 Å². The van der Waals surface area contributed by atoms with E-state index in [0.29, 0.717) is 30.6 Å². The van der Waals surface area contributed by atoms with Crippen LogP contribution in [0.1, 0.15) is 26.3 Å². The molecular formula is C14H20ClNO2. The summed E-state index contributed by atoms with van der Waals surface area (Å²) in [6.45, 7) is 7.88. The van der Waals surface area contributed by atoms with Crippen LogP contribution in [0.15, 0.2) is 18.2 Å². The second-order valence-corrected chi connectivity index (χ2v) is 5.78. The number of ether oxygens (including phenoxy) is 2. The van der Waals surface area contributed by atoms with Crippen molar-refractivity contribution in [2.24, 2.45) is 5.73 Å². The summed E-state index contributed by atoms with van der Waals surface area (Å²) in [5.74, 6) is 0.716. The molecular weight excluding hydrogens is 250 g/mol. The van der Waals surface area contributed by atoms with E-state index in [4.69, 9.17) is 26.8 Å². The Morgan fingerprint density at radius 2 is 2.11 bits per heavy atom. The van der Waals surface area contributed by atoms with Crippen molar-refractivity contribution in [3.63, 3.8) is 0 Å². The van der Waals surface area contributed by atoms with E-state index in [1.807, 2.05) is 39.0 Å². The number of benzene rings is 1. The summed E-state index contributed by atoms with van der Waals surface area (Å²) in [5, 5.41) is 0.630. The summed E-state index contributed by atoms with van der Waals surface area (Å²) in [4.78, 5) is 0. The lowest BCUT2D eigenvalue weighted by atomic mass is 9.66. The van der Waals surface area contributed by atoms with E-state index in [9.17, 15) is 0 Å². The van der Waals surface area contributed by atoms with Gasteiger partial charge >= 0.3 is 0 Å². The molecule has 18 heavy (non-hydrogen) atoms. The normalized spacial score (nSPS) is 18.3. The number of hydrogen-bond donors (Lipinski definition) is 1. The molecule has 0 unspecified atom stereocenters. The summed E-state index contributed by atoms with van der Waals surface area (Å²) in [5.41, 5.74) is 6.92. The van der Waals surface area contributed by atoms with Crippen molar-refractivity contribution in [2.45, 2.75) is 31.7 Å². The highest BCUT2D eigenvalue weighted by atomic mass is 35.5. The zero-order chi connectivity index (χ0) is 13.4. The average Bonchev–Trinajstić information content (AvgIpc) is 2.18. The van der Waals surface area contributed by atoms with E-state index in [-0.39, 0.29) is 11.0 Å². The fraction of sp³-hybridized carbons (Fsp3) is 0.571. The first-order valence-electron chi connectivity index (χ1n) is 6.20. The standard InChI is InChI=1S/C14H20ClNO2/c1-4-18-12-6-5-10(7-11(12)15)14(8-17-9-14)13(2,3)16/h5-7H,4,8-9,16H2,1-3H3. The second-order valence-electron chi connectivity index (χ2n) is 5.37. The van der Waals surface area contributed by atoms with E-state index >= 15 is 0 Å². The predicted octanol–water partition coefficient (Wildman–Crippen LogP) is 2.74. The SMILES string of the molecule is CCOc1ccc(C2(C(C)(C)N)COC2)cc1Cl. The van der Waals surface area contributed by atoms with Crippen molar-refractivity contribution in [3.8, 4) is 5.75 Å². The maximum Gasteiger partial charge on any atom is 0.137 e. The Bertz CT molecular complexity index is 436. The minimum Gasteiger partial charge on any atom is -0.492 e. The molecule has 2 rings (SSSR count). The Balaban J connectivity index is 2.36. The molecule has 3 nitrogen and oxygen atoms in total. The monoisotopic (exact) mass is 269 g/mol. The van der Waals surface area contributed by atoms with Crippen LogP contribution in [-0.2, 0) is 10.2 Å². The maximum atomic E-state index is 6.30. The molecule has 2 N–H and O–H groups in total. The highest BCUT2D eigenvalue weighted by Crippen LogP contribution is 2.42. The van der Waals surface area contributed by atoms with Crippen LogP contribution in [0, 0.1) is 0 Å². The molecule has 0 atom stereocenters. The van der Waals surface area contributed by atoms with Gasteiger partial charge < -0.3 is 15.2 Å². The zero-order valence-corrected chi connectivity index (χ0v) is 11.9. The number of nitrogens with two attached hydrogens (primary N) is 1. The molecule has 1 aliphatic rings. The first-order valence-corrected chi connectivity index (χ1v) is 6.58. The molecule has 0 amide bonds. The molecule has 0 bridgehead atoms. The van der Waals surface area contributed by atoms with E-state index in [0.717, 1.165) is 5.56 Å². The summed E-state index contributed by atoms with van der Waals surface area (Å²) in [7, 11) is 0. The fourth-order valence-corrected chi connectivity index (χ4v) is 2.52. The van der Waals surface area contributed by atoms with Gasteiger partial charge in [-0.25, -0.2) is 0 Å². The minimum absolute atomic E-state index is 0.151. The molecule has 1 aliphatic heterocycles. The van der Waals surface area contributed by atoms with E-state index in [1.54, 1.807) is 0 Å². The highest BCUT2D eigenvalue weighted by Gasteiger charge is 2.50. The lowest BCUT2D eigenvalue weighted by molar-refractivity contribution is -0.0919. The minimum atomic E-state index is -0.346. The molecule has 0 spiro atoms. The van der Waals surface area contributed by atoms with Crippen molar-refractivity contribution < 1.29 is 9.47 Å². The van der Waals surface area contributed by atoms with Crippen LogP contribution >= 0.6 is 11.6 Å². The Morgan fingerprint density at radius 1 is 1.44 bits per heavy atom. The van der Waals surface area contributed by atoms with Gasteiger partial charge in [-0.3, -0.25) is 0 Å². The molecule has 1 heterocycles. The van der Waals surface area contributed by atoms with Gasteiger partial charge in [0.2, 0.25) is 0 Å². The summed E-state index contributed by atoms with van der Waals surface area (Å²) >= 11 is 6.24. The highest BCUT2D eigenvalue weighted by molar-refractivity contribution is 6.32. The Kier molecular flexibility index (Phi) is 3.58. The van der Waals surface area contributed by atoms with Crippen LogP contribution in [0.25, 0.3) is 0 Å².